The molecule has 0 aliphatic carbocycles. The second-order valence-electron chi connectivity index (χ2n) is 6.98. The topological polar surface area (TPSA) is 41.3 Å². The van der Waals surface area contributed by atoms with Crippen molar-refractivity contribution in [2.45, 2.75) is 58.9 Å². The molecule has 1 rings (SSSR count). The van der Waals surface area contributed by atoms with E-state index in [-0.39, 0.29) is 0 Å². The molecule has 1 aromatic carbocycles. The van der Waals surface area contributed by atoms with Gasteiger partial charge in [0, 0.05) is 34.1 Å². The van der Waals surface area contributed by atoms with Crippen LogP contribution in [-0.4, -0.2) is 18.0 Å². The number of unbranched alkanes of at least 4 members (excludes halogenated alkanes) is 1. The molecule has 1 aromatic rings. The number of nitrogens with one attached hydrogen (secondary N) is 1. The first-order valence-electron chi connectivity index (χ1n) is 10.2. The Bertz CT molecular complexity index is 740. The van der Waals surface area contributed by atoms with Crippen LogP contribution in [0.1, 0.15) is 53.0 Å². The van der Waals surface area contributed by atoms with Crippen molar-refractivity contribution in [2.24, 2.45) is 5.73 Å². The highest BCUT2D eigenvalue weighted by molar-refractivity contribution is 7.80. The lowest BCUT2D eigenvalue weighted by molar-refractivity contribution is 0.294. The molecular formula is C24H37N3S. The number of rotatable bonds is 11. The molecule has 4 heteroatoms. The third kappa shape index (κ3) is 7.61. The van der Waals surface area contributed by atoms with E-state index in [4.69, 9.17) is 5.73 Å². The Morgan fingerprint density at radius 2 is 1.93 bits per heavy atom. The van der Waals surface area contributed by atoms with Crippen LogP contribution in [0.5, 0.6) is 0 Å². The molecule has 3 N–H and O–H groups in total. The molecule has 28 heavy (non-hydrogen) atoms. The van der Waals surface area contributed by atoms with Gasteiger partial charge in [-0.1, -0.05) is 51.5 Å². The van der Waals surface area contributed by atoms with Crippen molar-refractivity contribution in [1.82, 2.24) is 4.90 Å². The maximum Gasteiger partial charge on any atom is 0.0434 e. The van der Waals surface area contributed by atoms with Crippen LogP contribution in [0.2, 0.25) is 0 Å². The van der Waals surface area contributed by atoms with Crippen molar-refractivity contribution in [3.05, 3.63) is 71.1 Å². The van der Waals surface area contributed by atoms with Crippen LogP contribution < -0.4 is 11.1 Å². The predicted octanol–water partition coefficient (Wildman–Crippen LogP) is 6.28. The summed E-state index contributed by atoms with van der Waals surface area (Å²) in [5.74, 6) is 0. The van der Waals surface area contributed by atoms with E-state index in [9.17, 15) is 0 Å². The molecule has 0 unspecified atom stereocenters. The van der Waals surface area contributed by atoms with E-state index in [2.05, 4.69) is 74.5 Å². The predicted molar refractivity (Wildman–Crippen MR) is 128 cm³/mol. The molecular weight excluding hydrogens is 362 g/mol. The molecule has 0 aliphatic rings. The number of nitrogens with zero attached hydrogens (tertiary/aromatic N) is 1. The fourth-order valence-electron chi connectivity index (χ4n) is 2.97. The van der Waals surface area contributed by atoms with Crippen LogP contribution in [0, 0.1) is 0 Å². The van der Waals surface area contributed by atoms with Crippen LogP contribution in [0.4, 0.5) is 5.69 Å². The second-order valence-corrected chi connectivity index (χ2v) is 7.47. The van der Waals surface area contributed by atoms with Crippen LogP contribution in [0.15, 0.2) is 70.4 Å². The van der Waals surface area contributed by atoms with Gasteiger partial charge in [-0.3, -0.25) is 4.90 Å². The summed E-state index contributed by atoms with van der Waals surface area (Å²) in [7, 11) is 0. The Morgan fingerprint density at radius 1 is 1.25 bits per heavy atom. The van der Waals surface area contributed by atoms with E-state index in [1.165, 1.54) is 5.56 Å². The summed E-state index contributed by atoms with van der Waals surface area (Å²) >= 11 is 4.65. The summed E-state index contributed by atoms with van der Waals surface area (Å²) in [5.41, 5.74) is 12.3. The average molecular weight is 400 g/mol. The summed E-state index contributed by atoms with van der Waals surface area (Å²) < 4.78 is 0. The zero-order valence-corrected chi connectivity index (χ0v) is 19.1. The lowest BCUT2D eigenvalue weighted by Gasteiger charge is -2.21. The van der Waals surface area contributed by atoms with Crippen molar-refractivity contribution in [1.29, 1.82) is 0 Å². The van der Waals surface area contributed by atoms with Gasteiger partial charge in [0.25, 0.3) is 0 Å². The molecule has 0 saturated carbocycles. The first-order valence-corrected chi connectivity index (χ1v) is 10.6. The highest BCUT2D eigenvalue weighted by Crippen LogP contribution is 2.25. The van der Waals surface area contributed by atoms with E-state index in [0.717, 1.165) is 65.6 Å². The van der Waals surface area contributed by atoms with Crippen LogP contribution in [-0.2, 0) is 6.54 Å². The molecule has 3 nitrogen and oxygen atoms in total. The van der Waals surface area contributed by atoms with E-state index in [0.29, 0.717) is 0 Å². The van der Waals surface area contributed by atoms with E-state index in [1.54, 1.807) is 0 Å². The molecule has 0 spiro atoms. The molecule has 0 aliphatic heterocycles. The largest absolute Gasteiger partial charge is 0.398 e. The Balaban J connectivity index is 3.21. The summed E-state index contributed by atoms with van der Waals surface area (Å²) in [5, 5.41) is 3.59. The van der Waals surface area contributed by atoms with Gasteiger partial charge in [-0.15, -0.1) is 12.6 Å². The zero-order valence-electron chi connectivity index (χ0n) is 18.2. The quantitative estimate of drug-likeness (QED) is 0.303. The maximum atomic E-state index is 6.34. The zero-order chi connectivity index (χ0) is 21.1. The van der Waals surface area contributed by atoms with Gasteiger partial charge in [0.15, 0.2) is 0 Å². The Hall–Kier alpha value is -1.91. The van der Waals surface area contributed by atoms with Gasteiger partial charge in [0.1, 0.15) is 0 Å². The number of nitrogens with two attached hydrogens (primary N) is 1. The van der Waals surface area contributed by atoms with E-state index < -0.39 is 0 Å². The minimum atomic E-state index is 0.721. The average Bonchev–Trinajstić information content (AvgIpc) is 2.66. The first-order chi connectivity index (χ1) is 13.4. The van der Waals surface area contributed by atoms with Gasteiger partial charge in [-0.25, -0.2) is 0 Å². The molecule has 154 valence electrons. The number of benzene rings is 1. The summed E-state index contributed by atoms with van der Waals surface area (Å²) in [6.45, 7) is 17.4. The van der Waals surface area contributed by atoms with Gasteiger partial charge in [0.05, 0.1) is 0 Å². The van der Waals surface area contributed by atoms with Crippen LogP contribution >= 0.6 is 12.6 Å². The molecule has 0 aromatic heterocycles. The number of hydrogen-bond acceptors (Lipinski definition) is 4. The molecule has 0 amide bonds. The first kappa shape index (κ1) is 24.1. The number of hydrogen-bond donors (Lipinski definition) is 3. The molecule has 0 atom stereocenters. The summed E-state index contributed by atoms with van der Waals surface area (Å²) in [6, 6.07) is 6.32. The Kier molecular flexibility index (Phi) is 10.8. The fourth-order valence-corrected chi connectivity index (χ4v) is 3.18. The van der Waals surface area contributed by atoms with Crippen molar-refractivity contribution in [3.63, 3.8) is 0 Å². The van der Waals surface area contributed by atoms with Gasteiger partial charge >= 0.3 is 0 Å². The normalized spacial score (nSPS) is 13.2. The SMILES string of the molecule is C=C(C)\C=C(N)/C(=C\C)C(=C\CCC)/Nc1ccc(S)c(CN(CC)CC)c1. The monoisotopic (exact) mass is 399 g/mol. The second kappa shape index (κ2) is 12.5. The number of anilines is 1. The minimum absolute atomic E-state index is 0.721. The Morgan fingerprint density at radius 3 is 2.46 bits per heavy atom. The summed E-state index contributed by atoms with van der Waals surface area (Å²) in [4.78, 5) is 3.40. The van der Waals surface area contributed by atoms with Crippen molar-refractivity contribution < 1.29 is 0 Å². The molecule has 0 saturated heterocycles. The highest BCUT2D eigenvalue weighted by atomic mass is 32.1. The number of allylic oxidation sites excluding steroid dienone is 4. The molecule has 0 heterocycles. The third-order valence-corrected chi connectivity index (χ3v) is 5.01. The van der Waals surface area contributed by atoms with Gasteiger partial charge in [0.2, 0.25) is 0 Å². The van der Waals surface area contributed by atoms with Crippen LogP contribution in [0.3, 0.4) is 0 Å². The lowest BCUT2D eigenvalue weighted by Crippen LogP contribution is -2.22. The number of thiol groups is 1. The van der Waals surface area contributed by atoms with Crippen molar-refractivity contribution in [3.8, 4) is 0 Å². The lowest BCUT2D eigenvalue weighted by atomic mass is 10.0. The maximum absolute atomic E-state index is 6.34. The smallest absolute Gasteiger partial charge is 0.0434 e. The third-order valence-electron chi connectivity index (χ3n) is 4.58. The minimum Gasteiger partial charge on any atom is -0.398 e. The van der Waals surface area contributed by atoms with Crippen molar-refractivity contribution >= 4 is 18.3 Å². The van der Waals surface area contributed by atoms with Gasteiger partial charge in [-0.05, 0) is 63.2 Å². The van der Waals surface area contributed by atoms with Gasteiger partial charge in [-0.2, -0.15) is 0 Å². The fraction of sp³-hybridized carbons (Fsp3) is 0.417. The van der Waals surface area contributed by atoms with Crippen molar-refractivity contribution in [2.75, 3.05) is 18.4 Å². The Labute approximate surface area is 177 Å². The van der Waals surface area contributed by atoms with E-state index >= 15 is 0 Å². The molecule has 0 bridgehead atoms. The molecule has 0 fully saturated rings. The van der Waals surface area contributed by atoms with Gasteiger partial charge < -0.3 is 11.1 Å². The summed E-state index contributed by atoms with van der Waals surface area (Å²) in [6.07, 6.45) is 8.24. The van der Waals surface area contributed by atoms with Crippen LogP contribution in [0.25, 0.3) is 0 Å². The standard InChI is InChI=1S/C24H37N3S/c1-7-11-12-23(21(8-2)22(25)15-18(5)6)26-20-13-14-24(28)19(16-20)17-27(9-3)10-4/h8,12-16,26,28H,5,7,9-11,17,25H2,1-4,6H3/b21-8+,22-15+,23-12+. The van der Waals surface area contributed by atoms with E-state index in [1.807, 2.05) is 26.0 Å². The highest BCUT2D eigenvalue weighted by Gasteiger charge is 2.10. The molecule has 0 radical (unpaired) electrons.